The number of ether oxygens (including phenoxy) is 1. The number of aliphatic hydroxyl groups is 1. The maximum atomic E-state index is 12.1. The van der Waals surface area contributed by atoms with Gasteiger partial charge in [0.2, 0.25) is 0 Å². The van der Waals surface area contributed by atoms with E-state index in [4.69, 9.17) is 14.9 Å². The lowest BCUT2D eigenvalue weighted by Crippen LogP contribution is -2.55. The molecule has 9 heteroatoms. The highest BCUT2D eigenvalue weighted by molar-refractivity contribution is 7.87. The number of nitrogens with one attached hydrogen (secondary N) is 1. The Balaban J connectivity index is 2.76. The summed E-state index contributed by atoms with van der Waals surface area (Å²) in [7, 11) is -3.90. The SMILES string of the molecule is CC1CN(S(=O)(=O)N[C@H](CCO)C(=O)O)CC(C)O1. The van der Waals surface area contributed by atoms with Gasteiger partial charge >= 0.3 is 5.97 Å². The third-order valence-electron chi connectivity index (χ3n) is 2.73. The molecule has 3 N–H and O–H groups in total. The van der Waals surface area contributed by atoms with E-state index in [2.05, 4.69) is 4.72 Å². The molecule has 1 heterocycles. The van der Waals surface area contributed by atoms with Crippen LogP contribution in [0.1, 0.15) is 20.3 Å². The van der Waals surface area contributed by atoms with E-state index < -0.39 is 28.8 Å². The number of nitrogens with zero attached hydrogens (tertiary/aromatic N) is 1. The molecule has 0 spiro atoms. The molecule has 1 saturated heterocycles. The van der Waals surface area contributed by atoms with Crippen LogP contribution in [0.3, 0.4) is 0 Å². The fourth-order valence-corrected chi connectivity index (χ4v) is 3.48. The van der Waals surface area contributed by atoms with Crippen LogP contribution in [0.4, 0.5) is 0 Å². The standard InChI is InChI=1S/C10H20N2O6S/c1-7-5-12(6-8(2)18-7)19(16,17)11-9(3-4-13)10(14)15/h7-9,11,13H,3-6H2,1-2H3,(H,14,15)/t7?,8?,9-/m1/s1. The number of hydrogen-bond donors (Lipinski definition) is 3. The molecule has 8 nitrogen and oxygen atoms in total. The Morgan fingerprint density at radius 3 is 2.37 bits per heavy atom. The molecular weight excluding hydrogens is 276 g/mol. The van der Waals surface area contributed by atoms with Crippen molar-refractivity contribution in [2.75, 3.05) is 19.7 Å². The van der Waals surface area contributed by atoms with Crippen molar-refractivity contribution in [3.63, 3.8) is 0 Å². The summed E-state index contributed by atoms with van der Waals surface area (Å²) >= 11 is 0. The van der Waals surface area contributed by atoms with Gasteiger partial charge in [-0.15, -0.1) is 0 Å². The monoisotopic (exact) mass is 296 g/mol. The smallest absolute Gasteiger partial charge is 0.321 e. The summed E-state index contributed by atoms with van der Waals surface area (Å²) in [5, 5.41) is 17.6. The number of morpholine rings is 1. The number of carbonyl (C=O) groups is 1. The summed E-state index contributed by atoms with van der Waals surface area (Å²) in [5.74, 6) is -1.31. The van der Waals surface area contributed by atoms with Crippen LogP contribution in [0.2, 0.25) is 0 Å². The molecule has 1 fully saturated rings. The minimum Gasteiger partial charge on any atom is -0.480 e. The summed E-state index contributed by atoms with van der Waals surface area (Å²) in [6, 6.07) is -1.33. The molecule has 0 aromatic heterocycles. The second kappa shape index (κ2) is 6.62. The number of carboxylic acids is 1. The minimum absolute atomic E-state index is 0.172. The molecule has 2 unspecified atom stereocenters. The van der Waals surface area contributed by atoms with Crippen molar-refractivity contribution in [3.8, 4) is 0 Å². The van der Waals surface area contributed by atoms with Crippen molar-refractivity contribution in [2.24, 2.45) is 0 Å². The normalized spacial score (nSPS) is 27.1. The fourth-order valence-electron chi connectivity index (χ4n) is 1.94. The first-order chi connectivity index (χ1) is 8.76. The molecule has 1 rings (SSSR count). The Morgan fingerprint density at radius 1 is 1.42 bits per heavy atom. The van der Waals surface area contributed by atoms with Gasteiger partial charge in [-0.1, -0.05) is 0 Å². The Kier molecular flexibility index (Phi) is 5.68. The second-order valence-corrected chi connectivity index (χ2v) is 6.30. The highest BCUT2D eigenvalue weighted by atomic mass is 32.2. The molecule has 0 radical (unpaired) electrons. The number of rotatable bonds is 6. The first kappa shape index (κ1) is 16.3. The van der Waals surface area contributed by atoms with Gasteiger partial charge in [-0.05, 0) is 20.3 Å². The van der Waals surface area contributed by atoms with Crippen LogP contribution in [0.5, 0.6) is 0 Å². The van der Waals surface area contributed by atoms with Gasteiger partial charge in [0.25, 0.3) is 10.2 Å². The third-order valence-corrected chi connectivity index (χ3v) is 4.29. The zero-order valence-electron chi connectivity index (χ0n) is 10.9. The molecule has 0 amide bonds. The average molecular weight is 296 g/mol. The van der Waals surface area contributed by atoms with E-state index in [0.29, 0.717) is 0 Å². The number of hydrogen-bond acceptors (Lipinski definition) is 5. The third kappa shape index (κ3) is 4.69. The maximum Gasteiger partial charge on any atom is 0.321 e. The molecule has 0 aromatic carbocycles. The topological polar surface area (TPSA) is 116 Å². The summed E-state index contributed by atoms with van der Waals surface area (Å²) < 4.78 is 32.8. The molecule has 3 atom stereocenters. The second-order valence-electron chi connectivity index (χ2n) is 4.60. The highest BCUT2D eigenvalue weighted by Gasteiger charge is 2.33. The van der Waals surface area contributed by atoms with Crippen LogP contribution >= 0.6 is 0 Å². The molecule has 1 aliphatic heterocycles. The van der Waals surface area contributed by atoms with E-state index in [0.717, 1.165) is 0 Å². The van der Waals surface area contributed by atoms with Crippen LogP contribution in [-0.4, -0.2) is 66.9 Å². The van der Waals surface area contributed by atoms with Gasteiger partial charge in [-0.3, -0.25) is 4.79 Å². The van der Waals surface area contributed by atoms with Crippen molar-refractivity contribution in [3.05, 3.63) is 0 Å². The lowest BCUT2D eigenvalue weighted by atomic mass is 10.2. The Labute approximate surface area is 112 Å². The zero-order valence-corrected chi connectivity index (χ0v) is 11.8. The van der Waals surface area contributed by atoms with Crippen molar-refractivity contribution >= 4 is 16.2 Å². The molecular formula is C10H20N2O6S. The van der Waals surface area contributed by atoms with E-state index in [1.165, 1.54) is 4.31 Å². The summed E-state index contributed by atoms with van der Waals surface area (Å²) in [6.45, 7) is 3.44. The van der Waals surface area contributed by atoms with Crippen LogP contribution < -0.4 is 4.72 Å². The largest absolute Gasteiger partial charge is 0.480 e. The van der Waals surface area contributed by atoms with Gasteiger partial charge in [0.05, 0.1) is 12.2 Å². The van der Waals surface area contributed by atoms with Gasteiger partial charge in [0.1, 0.15) is 6.04 Å². The average Bonchev–Trinajstić information content (AvgIpc) is 2.26. The van der Waals surface area contributed by atoms with Gasteiger partial charge in [-0.2, -0.15) is 17.4 Å². The zero-order chi connectivity index (χ0) is 14.6. The van der Waals surface area contributed by atoms with Crippen molar-refractivity contribution in [2.45, 2.75) is 38.5 Å². The Morgan fingerprint density at radius 2 is 1.95 bits per heavy atom. The maximum absolute atomic E-state index is 12.1. The van der Waals surface area contributed by atoms with E-state index >= 15 is 0 Å². The minimum atomic E-state index is -3.90. The molecule has 1 aliphatic rings. The first-order valence-electron chi connectivity index (χ1n) is 6.02. The molecule has 112 valence electrons. The number of aliphatic hydroxyl groups excluding tert-OH is 1. The summed E-state index contributed by atoms with van der Waals surface area (Å²) in [4.78, 5) is 10.9. The molecule has 19 heavy (non-hydrogen) atoms. The summed E-state index contributed by atoms with van der Waals surface area (Å²) in [5.41, 5.74) is 0. The van der Waals surface area contributed by atoms with Crippen LogP contribution in [0.25, 0.3) is 0 Å². The molecule has 0 bridgehead atoms. The van der Waals surface area contributed by atoms with Gasteiger partial charge < -0.3 is 14.9 Å². The van der Waals surface area contributed by atoms with Gasteiger partial charge in [0, 0.05) is 19.7 Å². The molecule has 0 saturated carbocycles. The van der Waals surface area contributed by atoms with Crippen LogP contribution in [0.15, 0.2) is 0 Å². The highest BCUT2D eigenvalue weighted by Crippen LogP contribution is 2.14. The Bertz CT molecular complexity index is 402. The number of aliphatic carboxylic acids is 1. The van der Waals surface area contributed by atoms with E-state index in [1.54, 1.807) is 13.8 Å². The van der Waals surface area contributed by atoms with E-state index in [9.17, 15) is 13.2 Å². The predicted molar refractivity (Wildman–Crippen MR) is 66.8 cm³/mol. The van der Waals surface area contributed by atoms with E-state index in [-0.39, 0.29) is 31.7 Å². The van der Waals surface area contributed by atoms with E-state index in [1.807, 2.05) is 0 Å². The van der Waals surface area contributed by atoms with Crippen molar-refractivity contribution < 1.29 is 28.2 Å². The van der Waals surface area contributed by atoms with Crippen molar-refractivity contribution in [1.29, 1.82) is 0 Å². The van der Waals surface area contributed by atoms with Crippen LogP contribution in [-0.2, 0) is 19.7 Å². The molecule has 0 aromatic rings. The summed E-state index contributed by atoms with van der Waals surface area (Å²) in [6.07, 6.45) is -0.674. The lowest BCUT2D eigenvalue weighted by Gasteiger charge is -2.34. The fraction of sp³-hybridized carbons (Fsp3) is 0.900. The quantitative estimate of drug-likeness (QED) is 0.565. The van der Waals surface area contributed by atoms with Gasteiger partial charge in [0.15, 0.2) is 0 Å². The Hall–Kier alpha value is -0.740. The van der Waals surface area contributed by atoms with Gasteiger partial charge in [-0.25, -0.2) is 0 Å². The predicted octanol–water partition coefficient (Wildman–Crippen LogP) is -1.23. The van der Waals surface area contributed by atoms with Crippen molar-refractivity contribution in [1.82, 2.24) is 9.03 Å². The lowest BCUT2D eigenvalue weighted by molar-refractivity contribution is -0.139. The molecule has 0 aliphatic carbocycles. The van der Waals surface area contributed by atoms with Crippen LogP contribution in [0, 0.1) is 0 Å². The number of carboxylic acid groups (broad SMARTS) is 1. The first-order valence-corrected chi connectivity index (χ1v) is 7.46.